The van der Waals surface area contributed by atoms with Crippen molar-refractivity contribution in [3.63, 3.8) is 0 Å². The normalized spacial score (nSPS) is 33.2. The standard InChI is InChI=1S/C10H20FNO/c1-4-10(11)5-12-8(2)6-13-7-9(12)3/h8-10H,4-7H2,1-3H3. The van der Waals surface area contributed by atoms with E-state index >= 15 is 0 Å². The average molecular weight is 189 g/mol. The molecule has 2 nitrogen and oxygen atoms in total. The second-order valence-electron chi connectivity index (χ2n) is 3.94. The number of morpholine rings is 1. The maximum Gasteiger partial charge on any atom is 0.113 e. The van der Waals surface area contributed by atoms with Crippen LogP contribution in [0.15, 0.2) is 0 Å². The van der Waals surface area contributed by atoms with Gasteiger partial charge in [-0.15, -0.1) is 0 Å². The van der Waals surface area contributed by atoms with Crippen LogP contribution in [0.4, 0.5) is 4.39 Å². The van der Waals surface area contributed by atoms with Gasteiger partial charge < -0.3 is 4.74 Å². The number of alkyl halides is 1. The predicted molar refractivity (Wildman–Crippen MR) is 51.6 cm³/mol. The maximum atomic E-state index is 13.2. The molecule has 0 saturated carbocycles. The van der Waals surface area contributed by atoms with E-state index < -0.39 is 6.17 Å². The number of ether oxygens (including phenoxy) is 1. The van der Waals surface area contributed by atoms with Gasteiger partial charge in [-0.2, -0.15) is 0 Å². The third kappa shape index (κ3) is 2.92. The Hall–Kier alpha value is -0.150. The summed E-state index contributed by atoms with van der Waals surface area (Å²) in [5.41, 5.74) is 0. The molecule has 0 radical (unpaired) electrons. The molecule has 1 aliphatic heterocycles. The van der Waals surface area contributed by atoms with Crippen LogP contribution in [-0.4, -0.2) is 42.9 Å². The molecule has 0 aromatic rings. The summed E-state index contributed by atoms with van der Waals surface area (Å²) in [6.45, 7) is 8.11. The van der Waals surface area contributed by atoms with Crippen molar-refractivity contribution in [1.29, 1.82) is 0 Å². The minimum atomic E-state index is -0.692. The average Bonchev–Trinajstić information content (AvgIpc) is 2.11. The SMILES string of the molecule is CCC(F)CN1C(C)COCC1C. The zero-order valence-corrected chi connectivity index (χ0v) is 8.79. The Balaban J connectivity index is 2.43. The van der Waals surface area contributed by atoms with Crippen molar-refractivity contribution in [1.82, 2.24) is 4.90 Å². The lowest BCUT2D eigenvalue weighted by Gasteiger charge is -2.39. The fourth-order valence-electron chi connectivity index (χ4n) is 1.75. The highest BCUT2D eigenvalue weighted by Gasteiger charge is 2.26. The van der Waals surface area contributed by atoms with Gasteiger partial charge in [0.15, 0.2) is 0 Å². The van der Waals surface area contributed by atoms with Gasteiger partial charge >= 0.3 is 0 Å². The van der Waals surface area contributed by atoms with Crippen LogP contribution in [0.25, 0.3) is 0 Å². The summed E-state index contributed by atoms with van der Waals surface area (Å²) in [5.74, 6) is 0. The van der Waals surface area contributed by atoms with E-state index in [0.717, 1.165) is 13.2 Å². The molecule has 1 saturated heterocycles. The largest absolute Gasteiger partial charge is 0.378 e. The van der Waals surface area contributed by atoms with Crippen LogP contribution in [0.3, 0.4) is 0 Å². The molecule has 1 fully saturated rings. The van der Waals surface area contributed by atoms with Gasteiger partial charge in [-0.25, -0.2) is 4.39 Å². The molecule has 0 aromatic carbocycles. The monoisotopic (exact) mass is 189 g/mol. The van der Waals surface area contributed by atoms with Crippen LogP contribution in [-0.2, 0) is 4.74 Å². The van der Waals surface area contributed by atoms with E-state index in [0.29, 0.717) is 25.0 Å². The van der Waals surface area contributed by atoms with Crippen molar-refractivity contribution in [3.8, 4) is 0 Å². The molecule has 3 heteroatoms. The van der Waals surface area contributed by atoms with Gasteiger partial charge in [-0.05, 0) is 20.3 Å². The molecular weight excluding hydrogens is 169 g/mol. The zero-order valence-electron chi connectivity index (χ0n) is 8.79. The molecule has 3 atom stereocenters. The summed E-state index contributed by atoms with van der Waals surface area (Å²) in [6, 6.07) is 0.710. The van der Waals surface area contributed by atoms with E-state index in [2.05, 4.69) is 18.7 Å². The summed E-state index contributed by atoms with van der Waals surface area (Å²) in [7, 11) is 0. The highest BCUT2D eigenvalue weighted by Crippen LogP contribution is 2.14. The molecule has 1 heterocycles. The fraction of sp³-hybridized carbons (Fsp3) is 1.00. The zero-order chi connectivity index (χ0) is 9.84. The summed E-state index contributed by atoms with van der Waals surface area (Å²) < 4.78 is 18.6. The van der Waals surface area contributed by atoms with E-state index in [9.17, 15) is 4.39 Å². The van der Waals surface area contributed by atoms with E-state index in [1.165, 1.54) is 0 Å². The first-order valence-electron chi connectivity index (χ1n) is 5.12. The molecule has 0 bridgehead atoms. The van der Waals surface area contributed by atoms with E-state index in [4.69, 9.17) is 4.74 Å². The minimum absolute atomic E-state index is 0.355. The molecule has 0 aromatic heterocycles. The number of rotatable bonds is 3. The molecule has 3 unspecified atom stereocenters. The fourth-order valence-corrected chi connectivity index (χ4v) is 1.75. The highest BCUT2D eigenvalue weighted by molar-refractivity contribution is 4.79. The first kappa shape index (κ1) is 10.9. The molecular formula is C10H20FNO. The molecule has 0 N–H and O–H groups in total. The Labute approximate surface area is 80.1 Å². The van der Waals surface area contributed by atoms with Crippen LogP contribution in [0, 0.1) is 0 Å². The van der Waals surface area contributed by atoms with Crippen molar-refractivity contribution >= 4 is 0 Å². The Morgan fingerprint density at radius 3 is 2.38 bits per heavy atom. The molecule has 0 amide bonds. The van der Waals surface area contributed by atoms with Gasteiger partial charge in [0.25, 0.3) is 0 Å². The van der Waals surface area contributed by atoms with Gasteiger partial charge in [0.1, 0.15) is 6.17 Å². The summed E-state index contributed by atoms with van der Waals surface area (Å²) >= 11 is 0. The summed E-state index contributed by atoms with van der Waals surface area (Å²) in [5, 5.41) is 0. The molecule has 78 valence electrons. The lowest BCUT2D eigenvalue weighted by atomic mass is 10.1. The third-order valence-corrected chi connectivity index (χ3v) is 2.70. The Kier molecular flexibility index (Phi) is 4.13. The molecule has 13 heavy (non-hydrogen) atoms. The topological polar surface area (TPSA) is 12.5 Å². The van der Waals surface area contributed by atoms with Crippen molar-refractivity contribution in [3.05, 3.63) is 0 Å². The third-order valence-electron chi connectivity index (χ3n) is 2.70. The van der Waals surface area contributed by atoms with Crippen molar-refractivity contribution < 1.29 is 9.13 Å². The number of hydrogen-bond donors (Lipinski definition) is 0. The molecule has 0 aliphatic carbocycles. The Morgan fingerprint density at radius 1 is 1.38 bits per heavy atom. The van der Waals surface area contributed by atoms with Gasteiger partial charge in [0.05, 0.1) is 13.2 Å². The van der Waals surface area contributed by atoms with Crippen molar-refractivity contribution in [2.24, 2.45) is 0 Å². The second-order valence-corrected chi connectivity index (χ2v) is 3.94. The number of hydrogen-bond acceptors (Lipinski definition) is 2. The van der Waals surface area contributed by atoms with E-state index in [1.54, 1.807) is 0 Å². The first-order valence-corrected chi connectivity index (χ1v) is 5.12. The minimum Gasteiger partial charge on any atom is -0.378 e. The smallest absolute Gasteiger partial charge is 0.113 e. The Bertz CT molecular complexity index is 144. The van der Waals surface area contributed by atoms with Crippen LogP contribution in [0.2, 0.25) is 0 Å². The molecule has 1 aliphatic rings. The summed E-state index contributed by atoms with van der Waals surface area (Å²) in [4.78, 5) is 2.21. The predicted octanol–water partition coefficient (Wildman–Crippen LogP) is 1.84. The van der Waals surface area contributed by atoms with Crippen molar-refractivity contribution in [2.75, 3.05) is 19.8 Å². The quantitative estimate of drug-likeness (QED) is 0.671. The van der Waals surface area contributed by atoms with Crippen LogP contribution in [0.1, 0.15) is 27.2 Å². The number of nitrogens with zero attached hydrogens (tertiary/aromatic N) is 1. The molecule has 0 spiro atoms. The van der Waals surface area contributed by atoms with Gasteiger partial charge in [-0.3, -0.25) is 4.90 Å². The van der Waals surface area contributed by atoms with Crippen LogP contribution < -0.4 is 0 Å². The van der Waals surface area contributed by atoms with Crippen LogP contribution >= 0.6 is 0 Å². The highest BCUT2D eigenvalue weighted by atomic mass is 19.1. The van der Waals surface area contributed by atoms with Gasteiger partial charge in [0.2, 0.25) is 0 Å². The first-order chi connectivity index (χ1) is 6.15. The van der Waals surface area contributed by atoms with Crippen LogP contribution in [0.5, 0.6) is 0 Å². The van der Waals surface area contributed by atoms with E-state index in [1.807, 2.05) is 6.92 Å². The van der Waals surface area contributed by atoms with Gasteiger partial charge in [0, 0.05) is 18.6 Å². The van der Waals surface area contributed by atoms with E-state index in [-0.39, 0.29) is 0 Å². The second kappa shape index (κ2) is 4.91. The summed E-state index contributed by atoms with van der Waals surface area (Å²) in [6.07, 6.45) is -0.0837. The maximum absolute atomic E-state index is 13.2. The Morgan fingerprint density at radius 2 is 1.92 bits per heavy atom. The van der Waals surface area contributed by atoms with Gasteiger partial charge in [-0.1, -0.05) is 6.92 Å². The number of halogens is 1. The molecule has 1 rings (SSSR count). The lowest BCUT2D eigenvalue weighted by Crippen LogP contribution is -2.51. The van der Waals surface area contributed by atoms with Crippen molar-refractivity contribution in [2.45, 2.75) is 45.4 Å². The lowest BCUT2D eigenvalue weighted by molar-refractivity contribution is -0.0456.